The number of carbonyl (C=O) groups excluding carboxylic acids is 1. The van der Waals surface area contributed by atoms with Gasteiger partial charge in [-0.25, -0.2) is 4.98 Å². The molecule has 0 atom stereocenters. The molecule has 0 aliphatic heterocycles. The summed E-state index contributed by atoms with van der Waals surface area (Å²) in [6.07, 6.45) is 7.66. The Labute approximate surface area is 128 Å². The van der Waals surface area contributed by atoms with Gasteiger partial charge in [0.05, 0.1) is 16.6 Å². The lowest BCUT2D eigenvalue weighted by atomic mass is 9.74. The fourth-order valence-electron chi connectivity index (χ4n) is 2.78. The van der Waals surface area contributed by atoms with Crippen LogP contribution in [0.1, 0.15) is 60.1 Å². The molecule has 1 aliphatic rings. The standard InChI is InChI=1S/C15H22N2O3S/c1-2-6-12-16-9-11(21-12)13(18)17-10-15(14(19)20)7-4-3-5-8-15/h9H,2-8,10H2,1H3,(H,17,18)(H,19,20). The maximum atomic E-state index is 12.1. The van der Waals surface area contributed by atoms with Crippen molar-refractivity contribution in [3.05, 3.63) is 16.1 Å². The van der Waals surface area contributed by atoms with Crippen LogP contribution in [-0.4, -0.2) is 28.5 Å². The number of aliphatic carboxylic acids is 1. The zero-order valence-corrected chi connectivity index (χ0v) is 13.2. The van der Waals surface area contributed by atoms with Crippen LogP contribution in [0.25, 0.3) is 0 Å². The summed E-state index contributed by atoms with van der Waals surface area (Å²) in [6.45, 7) is 2.28. The van der Waals surface area contributed by atoms with Crippen LogP contribution in [0.15, 0.2) is 6.20 Å². The second kappa shape index (κ2) is 7.02. The monoisotopic (exact) mass is 310 g/mol. The third-order valence-corrected chi connectivity index (χ3v) is 5.15. The number of amides is 1. The molecule has 2 rings (SSSR count). The van der Waals surface area contributed by atoms with Crippen molar-refractivity contribution in [1.82, 2.24) is 10.3 Å². The Morgan fingerprint density at radius 2 is 2.10 bits per heavy atom. The minimum atomic E-state index is -0.793. The molecule has 0 bridgehead atoms. The maximum Gasteiger partial charge on any atom is 0.311 e. The van der Waals surface area contributed by atoms with Crippen molar-refractivity contribution in [3.63, 3.8) is 0 Å². The van der Waals surface area contributed by atoms with Gasteiger partial charge in [-0.3, -0.25) is 9.59 Å². The summed E-state index contributed by atoms with van der Waals surface area (Å²) in [7, 11) is 0. The van der Waals surface area contributed by atoms with Crippen LogP contribution in [0.5, 0.6) is 0 Å². The van der Waals surface area contributed by atoms with Gasteiger partial charge in [0.15, 0.2) is 0 Å². The van der Waals surface area contributed by atoms with Crippen LogP contribution in [-0.2, 0) is 11.2 Å². The van der Waals surface area contributed by atoms with E-state index in [1.807, 2.05) is 0 Å². The molecule has 2 N–H and O–H groups in total. The van der Waals surface area contributed by atoms with E-state index in [2.05, 4.69) is 17.2 Å². The van der Waals surface area contributed by atoms with Crippen LogP contribution >= 0.6 is 11.3 Å². The highest BCUT2D eigenvalue weighted by Gasteiger charge is 2.39. The lowest BCUT2D eigenvalue weighted by Crippen LogP contribution is -2.44. The number of hydrogen-bond donors (Lipinski definition) is 2. The first kappa shape index (κ1) is 15.9. The minimum Gasteiger partial charge on any atom is -0.481 e. The molecule has 1 aromatic heterocycles. The van der Waals surface area contributed by atoms with Crippen molar-refractivity contribution in [2.75, 3.05) is 6.54 Å². The van der Waals surface area contributed by atoms with Crippen LogP contribution in [0.3, 0.4) is 0 Å². The molecule has 1 aromatic rings. The van der Waals surface area contributed by atoms with E-state index in [9.17, 15) is 14.7 Å². The van der Waals surface area contributed by atoms with E-state index in [-0.39, 0.29) is 12.5 Å². The average molecular weight is 310 g/mol. The first-order chi connectivity index (χ1) is 10.1. The maximum absolute atomic E-state index is 12.1. The number of nitrogens with zero attached hydrogens (tertiary/aromatic N) is 1. The number of nitrogens with one attached hydrogen (secondary N) is 1. The van der Waals surface area contributed by atoms with Gasteiger partial charge in [-0.2, -0.15) is 0 Å². The van der Waals surface area contributed by atoms with E-state index in [0.717, 1.165) is 37.1 Å². The second-order valence-electron chi connectivity index (χ2n) is 5.70. The van der Waals surface area contributed by atoms with Crippen molar-refractivity contribution >= 4 is 23.2 Å². The van der Waals surface area contributed by atoms with Gasteiger partial charge in [0.25, 0.3) is 5.91 Å². The van der Waals surface area contributed by atoms with Crippen LogP contribution in [0, 0.1) is 5.41 Å². The summed E-state index contributed by atoms with van der Waals surface area (Å²) in [4.78, 5) is 28.5. The Morgan fingerprint density at radius 1 is 1.38 bits per heavy atom. The summed E-state index contributed by atoms with van der Waals surface area (Å²) in [5.74, 6) is -1.00. The number of carbonyl (C=O) groups is 2. The third-order valence-electron chi connectivity index (χ3n) is 4.09. The molecule has 116 valence electrons. The highest BCUT2D eigenvalue weighted by molar-refractivity contribution is 7.13. The van der Waals surface area contributed by atoms with E-state index in [1.165, 1.54) is 11.3 Å². The summed E-state index contributed by atoms with van der Waals surface area (Å²) >= 11 is 1.39. The van der Waals surface area contributed by atoms with Crippen molar-refractivity contribution < 1.29 is 14.7 Å². The average Bonchev–Trinajstić information content (AvgIpc) is 2.95. The Kier molecular flexibility index (Phi) is 5.33. The van der Waals surface area contributed by atoms with Gasteiger partial charge >= 0.3 is 5.97 Å². The molecule has 5 nitrogen and oxygen atoms in total. The SMILES string of the molecule is CCCc1ncc(C(=O)NCC2(C(=O)O)CCCCC2)s1. The fraction of sp³-hybridized carbons (Fsp3) is 0.667. The zero-order chi connectivity index (χ0) is 15.3. The largest absolute Gasteiger partial charge is 0.481 e. The Morgan fingerprint density at radius 3 is 2.71 bits per heavy atom. The summed E-state index contributed by atoms with van der Waals surface area (Å²) in [6, 6.07) is 0. The van der Waals surface area contributed by atoms with Crippen molar-refractivity contribution in [1.29, 1.82) is 0 Å². The van der Waals surface area contributed by atoms with Gasteiger partial charge in [-0.05, 0) is 25.7 Å². The summed E-state index contributed by atoms with van der Waals surface area (Å²) in [5, 5.41) is 13.2. The topological polar surface area (TPSA) is 79.3 Å². The van der Waals surface area contributed by atoms with Crippen LogP contribution < -0.4 is 5.32 Å². The normalized spacial score (nSPS) is 17.4. The van der Waals surface area contributed by atoms with Crippen LogP contribution in [0.2, 0.25) is 0 Å². The van der Waals surface area contributed by atoms with Gasteiger partial charge in [0.2, 0.25) is 0 Å². The summed E-state index contributed by atoms with van der Waals surface area (Å²) < 4.78 is 0. The molecule has 1 fully saturated rings. The van der Waals surface area contributed by atoms with Gasteiger partial charge in [-0.15, -0.1) is 11.3 Å². The number of carboxylic acid groups (broad SMARTS) is 1. The zero-order valence-electron chi connectivity index (χ0n) is 12.4. The second-order valence-corrected chi connectivity index (χ2v) is 6.81. The van der Waals surface area contributed by atoms with Gasteiger partial charge in [0, 0.05) is 6.54 Å². The minimum absolute atomic E-state index is 0.207. The van der Waals surface area contributed by atoms with Crippen molar-refractivity contribution in [2.45, 2.75) is 51.9 Å². The Bertz CT molecular complexity index is 507. The van der Waals surface area contributed by atoms with Crippen molar-refractivity contribution in [3.8, 4) is 0 Å². The van der Waals surface area contributed by atoms with Gasteiger partial charge < -0.3 is 10.4 Å². The molecule has 0 saturated heterocycles. The first-order valence-corrected chi connectivity index (χ1v) is 8.35. The highest BCUT2D eigenvalue weighted by atomic mass is 32.1. The number of hydrogen-bond acceptors (Lipinski definition) is 4. The molecule has 1 saturated carbocycles. The van der Waals surface area contributed by atoms with Gasteiger partial charge in [0.1, 0.15) is 4.88 Å². The number of rotatable bonds is 6. The lowest BCUT2D eigenvalue weighted by molar-refractivity contribution is -0.150. The van der Waals surface area contributed by atoms with E-state index in [4.69, 9.17) is 0 Å². The van der Waals surface area contributed by atoms with Crippen molar-refractivity contribution in [2.24, 2.45) is 5.41 Å². The fourth-order valence-corrected chi connectivity index (χ4v) is 3.71. The number of aryl methyl sites for hydroxylation is 1. The molecule has 0 radical (unpaired) electrons. The number of aromatic nitrogens is 1. The number of carboxylic acids is 1. The molecule has 1 heterocycles. The molecule has 0 unspecified atom stereocenters. The van der Waals surface area contributed by atoms with E-state index < -0.39 is 11.4 Å². The summed E-state index contributed by atoms with van der Waals surface area (Å²) in [5.41, 5.74) is -0.787. The molecular weight excluding hydrogens is 288 g/mol. The molecular formula is C15H22N2O3S. The highest BCUT2D eigenvalue weighted by Crippen LogP contribution is 2.36. The quantitative estimate of drug-likeness (QED) is 0.846. The van der Waals surface area contributed by atoms with E-state index >= 15 is 0 Å². The molecule has 6 heteroatoms. The Hall–Kier alpha value is -1.43. The molecule has 0 spiro atoms. The first-order valence-electron chi connectivity index (χ1n) is 7.54. The molecule has 21 heavy (non-hydrogen) atoms. The smallest absolute Gasteiger partial charge is 0.311 e. The predicted molar refractivity (Wildman–Crippen MR) is 81.6 cm³/mol. The van der Waals surface area contributed by atoms with E-state index in [1.54, 1.807) is 6.20 Å². The van der Waals surface area contributed by atoms with E-state index in [0.29, 0.717) is 17.7 Å². The van der Waals surface area contributed by atoms with Crippen LogP contribution in [0.4, 0.5) is 0 Å². The lowest BCUT2D eigenvalue weighted by Gasteiger charge is -2.33. The van der Waals surface area contributed by atoms with Gasteiger partial charge in [-0.1, -0.05) is 26.2 Å². The third kappa shape index (κ3) is 3.81. The molecule has 1 amide bonds. The Balaban J connectivity index is 1.96. The molecule has 1 aliphatic carbocycles. The molecule has 0 aromatic carbocycles. The number of thiazole rings is 1. The predicted octanol–water partition coefficient (Wildman–Crippen LogP) is 2.86.